The van der Waals surface area contributed by atoms with E-state index >= 15 is 0 Å². The van der Waals surface area contributed by atoms with Crippen LogP contribution in [-0.2, 0) is 11.2 Å². The number of benzene rings is 2. The second kappa shape index (κ2) is 13.7. The zero-order valence-corrected chi connectivity index (χ0v) is 23.6. The van der Waals surface area contributed by atoms with Crippen molar-refractivity contribution in [2.75, 3.05) is 39.3 Å². The molecule has 0 aromatic heterocycles. The van der Waals surface area contributed by atoms with E-state index in [0.29, 0.717) is 26.6 Å². The molecule has 0 spiro atoms. The van der Waals surface area contributed by atoms with Crippen molar-refractivity contribution in [2.45, 2.75) is 56.9 Å². The van der Waals surface area contributed by atoms with Gasteiger partial charge in [0.25, 0.3) is 0 Å². The van der Waals surface area contributed by atoms with Crippen LogP contribution in [-0.4, -0.2) is 61.0 Å². The van der Waals surface area contributed by atoms with Crippen LogP contribution in [0.2, 0.25) is 20.1 Å². The highest BCUT2D eigenvalue weighted by atomic mass is 35.5. The van der Waals surface area contributed by atoms with Crippen LogP contribution >= 0.6 is 46.4 Å². The second-order valence-corrected chi connectivity index (χ2v) is 11.7. The van der Waals surface area contributed by atoms with E-state index in [1.807, 2.05) is 24.3 Å². The number of carbonyl (C=O) groups is 1. The van der Waals surface area contributed by atoms with Gasteiger partial charge in [0.1, 0.15) is 0 Å². The lowest BCUT2D eigenvalue weighted by atomic mass is 9.94. The molecular weight excluding hydrogens is 536 g/mol. The van der Waals surface area contributed by atoms with E-state index in [9.17, 15) is 4.79 Å². The number of amides is 1. The second-order valence-electron chi connectivity index (χ2n) is 10.1. The number of hydrogen-bond acceptors (Lipinski definition) is 3. The Bertz CT molecular complexity index is 1020. The average Bonchev–Trinajstić information content (AvgIpc) is 2.89. The van der Waals surface area contributed by atoms with Crippen LogP contribution in [0.4, 0.5) is 0 Å². The quantitative estimate of drug-likeness (QED) is 0.350. The van der Waals surface area contributed by atoms with E-state index in [-0.39, 0.29) is 18.2 Å². The van der Waals surface area contributed by atoms with E-state index in [4.69, 9.17) is 46.4 Å². The van der Waals surface area contributed by atoms with Crippen LogP contribution in [0.5, 0.6) is 0 Å². The molecule has 0 saturated carbocycles. The minimum Gasteiger partial charge on any atom is -0.355 e. The molecule has 0 radical (unpaired) electrons. The van der Waals surface area contributed by atoms with Crippen LogP contribution in [0.3, 0.4) is 0 Å². The summed E-state index contributed by atoms with van der Waals surface area (Å²) in [6.07, 6.45) is 7.78. The molecule has 2 aliphatic rings. The molecule has 1 atom stereocenters. The lowest BCUT2D eigenvalue weighted by Crippen LogP contribution is -2.47. The summed E-state index contributed by atoms with van der Waals surface area (Å²) in [7, 11) is 0. The Kier molecular flexibility index (Phi) is 10.6. The summed E-state index contributed by atoms with van der Waals surface area (Å²) in [6, 6.07) is 11.8. The monoisotopic (exact) mass is 569 g/mol. The zero-order chi connectivity index (χ0) is 25.5. The molecule has 2 aromatic rings. The molecule has 0 bridgehead atoms. The Morgan fingerprint density at radius 1 is 0.861 bits per heavy atom. The number of likely N-dealkylation sites (tertiary alicyclic amines) is 2. The third kappa shape index (κ3) is 7.99. The lowest BCUT2D eigenvalue weighted by molar-refractivity contribution is -0.120. The SMILES string of the molecule is O=C(Cc1ccc(Cl)c(Cl)c1)NCC(CCN1CCC(N2CCCCC2)CC1)c1ccc(Cl)c(Cl)c1. The highest BCUT2D eigenvalue weighted by molar-refractivity contribution is 6.42. The summed E-state index contributed by atoms with van der Waals surface area (Å²) in [6.45, 7) is 6.36. The van der Waals surface area contributed by atoms with E-state index in [0.717, 1.165) is 43.2 Å². The van der Waals surface area contributed by atoms with Gasteiger partial charge >= 0.3 is 0 Å². The molecule has 0 aliphatic carbocycles. The number of carbonyl (C=O) groups excluding carboxylic acids is 1. The van der Waals surface area contributed by atoms with Crippen LogP contribution in [0, 0.1) is 0 Å². The van der Waals surface area contributed by atoms with Gasteiger partial charge in [-0.1, -0.05) is 65.0 Å². The van der Waals surface area contributed by atoms with Crippen molar-refractivity contribution in [1.82, 2.24) is 15.1 Å². The molecule has 36 heavy (non-hydrogen) atoms. The van der Waals surface area contributed by atoms with Crippen molar-refractivity contribution in [1.29, 1.82) is 0 Å². The van der Waals surface area contributed by atoms with E-state index < -0.39 is 0 Å². The third-order valence-corrected chi connectivity index (χ3v) is 9.05. The fourth-order valence-electron chi connectivity index (χ4n) is 5.42. The molecule has 1 unspecified atom stereocenters. The average molecular weight is 571 g/mol. The van der Waals surface area contributed by atoms with Gasteiger partial charge in [0, 0.05) is 18.5 Å². The van der Waals surface area contributed by atoms with Gasteiger partial charge in [0.2, 0.25) is 5.91 Å². The molecule has 1 N–H and O–H groups in total. The molecule has 2 fully saturated rings. The van der Waals surface area contributed by atoms with E-state index in [2.05, 4.69) is 15.1 Å². The first-order valence-corrected chi connectivity index (χ1v) is 14.5. The van der Waals surface area contributed by atoms with Gasteiger partial charge in [-0.25, -0.2) is 0 Å². The Labute approximate surface area is 235 Å². The molecule has 2 heterocycles. The number of hydrogen-bond donors (Lipinski definition) is 1. The van der Waals surface area contributed by atoms with Crippen molar-refractivity contribution < 1.29 is 4.79 Å². The summed E-state index contributed by atoms with van der Waals surface area (Å²) in [5.74, 6) is 0.109. The Hall–Kier alpha value is -1.01. The number of nitrogens with zero attached hydrogens (tertiary/aromatic N) is 2. The van der Waals surface area contributed by atoms with E-state index in [1.54, 1.807) is 12.1 Å². The first kappa shape index (κ1) is 28.0. The molecule has 196 valence electrons. The van der Waals surface area contributed by atoms with Gasteiger partial charge in [0.15, 0.2) is 0 Å². The van der Waals surface area contributed by atoms with Gasteiger partial charge in [-0.05, 0) is 100 Å². The number of halogens is 4. The van der Waals surface area contributed by atoms with Gasteiger partial charge in [-0.15, -0.1) is 0 Å². The topological polar surface area (TPSA) is 35.6 Å². The smallest absolute Gasteiger partial charge is 0.224 e. The zero-order valence-electron chi connectivity index (χ0n) is 20.6. The van der Waals surface area contributed by atoms with Crippen molar-refractivity contribution in [3.8, 4) is 0 Å². The normalized spacial score (nSPS) is 18.8. The standard InChI is InChI=1S/C28H35Cl4N3O/c29-24-6-4-20(16-26(24)31)17-28(36)33-19-22(21-5-7-25(30)27(32)18-21)8-13-34-14-9-23(10-15-34)35-11-2-1-3-12-35/h4-7,16,18,22-23H,1-3,8-15,17,19H2,(H,33,36). The molecule has 2 saturated heterocycles. The Balaban J connectivity index is 1.32. The van der Waals surface area contributed by atoms with Crippen LogP contribution in [0.1, 0.15) is 55.6 Å². The number of nitrogens with one attached hydrogen (secondary N) is 1. The van der Waals surface area contributed by atoms with Crippen molar-refractivity contribution in [2.24, 2.45) is 0 Å². The highest BCUT2D eigenvalue weighted by Gasteiger charge is 2.26. The lowest BCUT2D eigenvalue weighted by Gasteiger charge is -2.40. The van der Waals surface area contributed by atoms with Gasteiger partial charge in [-0.2, -0.15) is 0 Å². The minimum atomic E-state index is -0.0409. The van der Waals surface area contributed by atoms with Crippen LogP contribution < -0.4 is 5.32 Å². The van der Waals surface area contributed by atoms with Gasteiger partial charge < -0.3 is 15.1 Å². The van der Waals surface area contributed by atoms with Gasteiger partial charge in [-0.3, -0.25) is 4.79 Å². The summed E-state index contributed by atoms with van der Waals surface area (Å²) in [4.78, 5) is 18.0. The summed E-state index contributed by atoms with van der Waals surface area (Å²) < 4.78 is 0. The first-order chi connectivity index (χ1) is 17.4. The summed E-state index contributed by atoms with van der Waals surface area (Å²) in [5, 5.41) is 5.15. The van der Waals surface area contributed by atoms with Crippen LogP contribution in [0.15, 0.2) is 36.4 Å². The maximum atomic E-state index is 12.7. The molecule has 4 rings (SSSR count). The van der Waals surface area contributed by atoms with Gasteiger partial charge in [0.05, 0.1) is 26.5 Å². The van der Waals surface area contributed by atoms with Crippen molar-refractivity contribution in [3.63, 3.8) is 0 Å². The maximum Gasteiger partial charge on any atom is 0.224 e. The van der Waals surface area contributed by atoms with Crippen molar-refractivity contribution in [3.05, 3.63) is 67.6 Å². The molecule has 2 aliphatic heterocycles. The molecule has 1 amide bonds. The third-order valence-electron chi connectivity index (χ3n) is 7.57. The predicted molar refractivity (Wildman–Crippen MR) is 152 cm³/mol. The minimum absolute atomic E-state index is 0.0409. The summed E-state index contributed by atoms with van der Waals surface area (Å²) in [5.41, 5.74) is 1.94. The number of rotatable bonds is 9. The summed E-state index contributed by atoms with van der Waals surface area (Å²) >= 11 is 24.6. The largest absolute Gasteiger partial charge is 0.355 e. The molecular formula is C28H35Cl4N3O. The van der Waals surface area contributed by atoms with E-state index in [1.165, 1.54) is 45.2 Å². The Morgan fingerprint density at radius 3 is 2.19 bits per heavy atom. The maximum absolute atomic E-state index is 12.7. The molecule has 4 nitrogen and oxygen atoms in total. The fraction of sp³-hybridized carbons (Fsp3) is 0.536. The van der Waals surface area contributed by atoms with Crippen LogP contribution in [0.25, 0.3) is 0 Å². The fourth-order valence-corrected chi connectivity index (χ4v) is 6.04. The predicted octanol–water partition coefficient (Wildman–Crippen LogP) is 7.08. The Morgan fingerprint density at radius 2 is 1.53 bits per heavy atom. The molecule has 2 aromatic carbocycles. The molecule has 8 heteroatoms. The van der Waals surface area contributed by atoms with Crippen molar-refractivity contribution >= 4 is 52.3 Å². The highest BCUT2D eigenvalue weighted by Crippen LogP contribution is 2.29. The first-order valence-electron chi connectivity index (χ1n) is 13.0. The number of piperidine rings is 2.